The molecular formula is C33H44N4O4S. The van der Waals surface area contributed by atoms with Crippen LogP contribution in [0.1, 0.15) is 30.4 Å². The number of hydrogen-bond donors (Lipinski definition) is 1. The fraction of sp³-hybridized carbons (Fsp3) is 0.394. The van der Waals surface area contributed by atoms with Gasteiger partial charge in [0.2, 0.25) is 11.8 Å². The zero-order chi connectivity index (χ0) is 30.5. The molecule has 1 fully saturated rings. The van der Waals surface area contributed by atoms with Crippen molar-refractivity contribution in [1.82, 2.24) is 9.80 Å². The zero-order valence-electron chi connectivity index (χ0n) is 25.1. The van der Waals surface area contributed by atoms with Gasteiger partial charge in [-0.3, -0.25) is 18.1 Å². The maximum absolute atomic E-state index is 12.6. The second-order valence-electron chi connectivity index (χ2n) is 10.8. The first-order valence-electron chi connectivity index (χ1n) is 14.1. The summed E-state index contributed by atoms with van der Waals surface area (Å²) in [5, 5.41) is 0. The molecule has 2 heterocycles. The number of nitrogens with two attached hydrogens (primary N) is 1. The highest BCUT2D eigenvalue weighted by molar-refractivity contribution is 7.96. The van der Waals surface area contributed by atoms with Gasteiger partial charge in [0.15, 0.2) is 0 Å². The van der Waals surface area contributed by atoms with E-state index in [2.05, 4.69) is 41.7 Å². The van der Waals surface area contributed by atoms with Gasteiger partial charge >= 0.3 is 0 Å². The molecule has 0 radical (unpaired) electrons. The molecule has 0 saturated carbocycles. The molecule has 2 aliphatic heterocycles. The summed E-state index contributed by atoms with van der Waals surface area (Å²) < 4.78 is 13.3. The normalized spacial score (nSPS) is 15.7. The Balaban J connectivity index is 0.000000316. The number of fused-ring (bicyclic) bond motifs is 2. The third-order valence-electron chi connectivity index (χ3n) is 7.38. The Bertz CT molecular complexity index is 1240. The Morgan fingerprint density at radius 1 is 1.10 bits per heavy atom. The van der Waals surface area contributed by atoms with Gasteiger partial charge in [-0.2, -0.15) is 0 Å². The standard InChI is InChI=1S/C23H28N2O3S.C10H16N2O/c1-27-29-25-18-23(20-9-5-6-10-21(20)25)12-14-24(15-13-23)22(26)11-16-28-17-19-7-3-2-4-8-19;1-5-9(10(11)13)6-8(2)7-12(3)4/h2-10H,11-18H2,1H3;5-6H,1-2,7H2,3-4H3,(H2,11,13)/b;9-6+. The molecule has 0 aromatic heterocycles. The molecule has 2 N–H and O–H groups in total. The molecule has 0 atom stereocenters. The lowest BCUT2D eigenvalue weighted by atomic mass is 9.74. The van der Waals surface area contributed by atoms with E-state index < -0.39 is 5.91 Å². The van der Waals surface area contributed by atoms with Crippen LogP contribution in [0.3, 0.4) is 0 Å². The van der Waals surface area contributed by atoms with Gasteiger partial charge in [0, 0.05) is 37.2 Å². The van der Waals surface area contributed by atoms with Crippen molar-refractivity contribution in [3.63, 3.8) is 0 Å². The molecular weight excluding hydrogens is 548 g/mol. The van der Waals surface area contributed by atoms with Crippen molar-refractivity contribution in [2.24, 2.45) is 5.73 Å². The number of carbonyl (C=O) groups excluding carboxylic acids is 2. The highest BCUT2D eigenvalue weighted by atomic mass is 32.2. The minimum atomic E-state index is -0.477. The number of amides is 2. The fourth-order valence-corrected chi connectivity index (χ4v) is 6.06. The first-order valence-corrected chi connectivity index (χ1v) is 14.8. The Hall–Kier alpha value is -3.37. The Morgan fingerprint density at radius 2 is 1.76 bits per heavy atom. The first-order chi connectivity index (χ1) is 20.2. The van der Waals surface area contributed by atoms with Crippen molar-refractivity contribution >= 4 is 29.7 Å². The average molecular weight is 593 g/mol. The largest absolute Gasteiger partial charge is 0.376 e. The van der Waals surface area contributed by atoms with E-state index in [0.717, 1.165) is 43.6 Å². The van der Waals surface area contributed by atoms with Gasteiger partial charge in [-0.1, -0.05) is 67.8 Å². The molecule has 0 bridgehead atoms. The number of rotatable bonds is 12. The molecule has 1 spiro atoms. The van der Waals surface area contributed by atoms with E-state index >= 15 is 0 Å². The lowest BCUT2D eigenvalue weighted by Gasteiger charge is -2.39. The molecule has 1 saturated heterocycles. The summed E-state index contributed by atoms with van der Waals surface area (Å²) in [5.74, 6) is -0.280. The van der Waals surface area contributed by atoms with E-state index in [1.807, 2.05) is 54.2 Å². The van der Waals surface area contributed by atoms with E-state index in [1.54, 1.807) is 13.2 Å². The number of likely N-dealkylation sites (tertiary alicyclic amines) is 1. The number of anilines is 1. The van der Waals surface area contributed by atoms with Crippen LogP contribution >= 0.6 is 12.2 Å². The molecule has 8 nitrogen and oxygen atoms in total. The van der Waals surface area contributed by atoms with Gasteiger partial charge in [0.1, 0.15) is 12.2 Å². The number of primary amides is 1. The number of ether oxygens (including phenoxy) is 1. The van der Waals surface area contributed by atoms with Crippen molar-refractivity contribution < 1.29 is 18.5 Å². The topological polar surface area (TPSA) is 88.3 Å². The van der Waals surface area contributed by atoms with E-state index in [1.165, 1.54) is 29.6 Å². The second-order valence-corrected chi connectivity index (χ2v) is 11.7. The van der Waals surface area contributed by atoms with Gasteiger partial charge in [-0.15, -0.1) is 0 Å². The molecule has 0 aliphatic carbocycles. The zero-order valence-corrected chi connectivity index (χ0v) is 25.9. The summed E-state index contributed by atoms with van der Waals surface area (Å²) >= 11 is 1.40. The number of carbonyl (C=O) groups is 2. The smallest absolute Gasteiger partial charge is 0.248 e. The number of piperidine rings is 1. The van der Waals surface area contributed by atoms with Crippen LogP contribution in [0.15, 0.2) is 91.1 Å². The number of nitrogens with zero attached hydrogens (tertiary/aromatic N) is 3. The quantitative estimate of drug-likeness (QED) is 0.124. The van der Waals surface area contributed by atoms with Crippen molar-refractivity contribution in [2.45, 2.75) is 31.3 Å². The van der Waals surface area contributed by atoms with Crippen molar-refractivity contribution in [2.75, 3.05) is 58.3 Å². The molecule has 42 heavy (non-hydrogen) atoms. The van der Waals surface area contributed by atoms with Gasteiger partial charge in [0.25, 0.3) is 0 Å². The number of para-hydroxylation sites is 1. The van der Waals surface area contributed by atoms with Crippen LogP contribution in [0.2, 0.25) is 0 Å². The van der Waals surface area contributed by atoms with Crippen LogP contribution in [-0.2, 0) is 30.5 Å². The van der Waals surface area contributed by atoms with Crippen LogP contribution < -0.4 is 10.0 Å². The van der Waals surface area contributed by atoms with Gasteiger partial charge < -0.3 is 20.3 Å². The SMILES string of the molecule is C=C/C(=C\C(=C)CN(C)C)C(N)=O.COSN1CC2(CCN(C(=O)CCOCc3ccccc3)CC2)c2ccccc21. The lowest BCUT2D eigenvalue weighted by molar-refractivity contribution is -0.134. The third-order valence-corrected chi connectivity index (χ3v) is 8.04. The van der Waals surface area contributed by atoms with Gasteiger partial charge in [-0.05, 0) is 55.8 Å². The molecule has 9 heteroatoms. The summed E-state index contributed by atoms with van der Waals surface area (Å²) in [6, 6.07) is 18.7. The Labute approximate surface area is 255 Å². The van der Waals surface area contributed by atoms with E-state index in [0.29, 0.717) is 31.8 Å². The minimum Gasteiger partial charge on any atom is -0.376 e. The maximum atomic E-state index is 12.6. The highest BCUT2D eigenvalue weighted by Crippen LogP contribution is 2.49. The second kappa shape index (κ2) is 16.3. The van der Waals surface area contributed by atoms with Gasteiger partial charge in [0.05, 0.1) is 32.4 Å². The van der Waals surface area contributed by atoms with Crippen LogP contribution in [0.5, 0.6) is 0 Å². The maximum Gasteiger partial charge on any atom is 0.248 e. The molecule has 0 unspecified atom stereocenters. The summed E-state index contributed by atoms with van der Waals surface area (Å²) in [6.07, 6.45) is 5.50. The van der Waals surface area contributed by atoms with Crippen LogP contribution in [0.4, 0.5) is 5.69 Å². The van der Waals surface area contributed by atoms with E-state index in [4.69, 9.17) is 14.7 Å². The molecule has 226 valence electrons. The number of likely N-dealkylation sites (N-methyl/N-ethyl adjacent to an activating group) is 1. The molecule has 4 rings (SSSR count). The van der Waals surface area contributed by atoms with Crippen molar-refractivity contribution in [1.29, 1.82) is 0 Å². The average Bonchev–Trinajstić information content (AvgIpc) is 3.27. The lowest BCUT2D eigenvalue weighted by Crippen LogP contribution is -2.46. The minimum absolute atomic E-state index is 0.114. The summed E-state index contributed by atoms with van der Waals surface area (Å²) in [4.78, 5) is 27.4. The Morgan fingerprint density at radius 3 is 2.38 bits per heavy atom. The van der Waals surface area contributed by atoms with Crippen LogP contribution in [-0.4, -0.2) is 75.6 Å². The number of hydrogen-bond acceptors (Lipinski definition) is 7. The molecule has 2 aromatic rings. The summed E-state index contributed by atoms with van der Waals surface area (Å²) in [5.41, 5.74) is 10.2. The third kappa shape index (κ3) is 9.32. The fourth-order valence-electron chi connectivity index (χ4n) is 5.34. The van der Waals surface area contributed by atoms with E-state index in [9.17, 15) is 9.59 Å². The van der Waals surface area contributed by atoms with Gasteiger partial charge in [-0.25, -0.2) is 0 Å². The predicted molar refractivity (Wildman–Crippen MR) is 172 cm³/mol. The Kier molecular flexibility index (Phi) is 12.9. The molecule has 2 aliphatic rings. The highest BCUT2D eigenvalue weighted by Gasteiger charge is 2.45. The molecule has 2 amide bonds. The first kappa shape index (κ1) is 33.1. The molecule has 2 aromatic carbocycles. The van der Waals surface area contributed by atoms with Crippen LogP contribution in [0.25, 0.3) is 0 Å². The van der Waals surface area contributed by atoms with Crippen molar-refractivity contribution in [3.8, 4) is 0 Å². The number of benzene rings is 2. The van der Waals surface area contributed by atoms with E-state index in [-0.39, 0.29) is 11.3 Å². The summed E-state index contributed by atoms with van der Waals surface area (Å²) in [7, 11) is 5.56. The van der Waals surface area contributed by atoms with Crippen molar-refractivity contribution in [3.05, 3.63) is 102 Å². The monoisotopic (exact) mass is 592 g/mol. The summed E-state index contributed by atoms with van der Waals surface area (Å²) in [6.45, 7) is 11.5. The van der Waals surface area contributed by atoms with Crippen LogP contribution in [0, 0.1) is 0 Å². The predicted octanol–water partition coefficient (Wildman–Crippen LogP) is 4.89.